The summed E-state index contributed by atoms with van der Waals surface area (Å²) in [5.41, 5.74) is 2.54. The molecule has 2 aliphatic rings. The van der Waals surface area contributed by atoms with Gasteiger partial charge in [0.2, 0.25) is 0 Å². The Bertz CT molecular complexity index is 1540. The minimum atomic E-state index is -4.46. The summed E-state index contributed by atoms with van der Waals surface area (Å²) in [7, 11) is 0. The number of hydrogen-bond donors (Lipinski definition) is 0. The Labute approximate surface area is 281 Å². The van der Waals surface area contributed by atoms with Crippen molar-refractivity contribution in [3.8, 4) is 0 Å². The zero-order chi connectivity index (χ0) is 33.3. The molecule has 254 valence electrons. The lowest BCUT2D eigenvalue weighted by molar-refractivity contribution is -0.202. The second kappa shape index (κ2) is 16.1. The summed E-state index contributed by atoms with van der Waals surface area (Å²) in [5, 5.41) is 0. The monoisotopic (exact) mass is 659 g/mol. The van der Waals surface area contributed by atoms with E-state index in [0.29, 0.717) is 46.0 Å². The zero-order valence-electron chi connectivity index (χ0n) is 27.3. The number of halogens is 3. The van der Waals surface area contributed by atoms with E-state index in [-0.39, 0.29) is 36.1 Å². The molecule has 2 saturated heterocycles. The van der Waals surface area contributed by atoms with Crippen molar-refractivity contribution in [1.29, 1.82) is 0 Å². The highest BCUT2D eigenvalue weighted by molar-refractivity contribution is 5.48. The summed E-state index contributed by atoms with van der Waals surface area (Å²) in [6.45, 7) is 5.83. The van der Waals surface area contributed by atoms with Crippen LogP contribution in [0.3, 0.4) is 0 Å². The lowest BCUT2D eigenvalue weighted by Gasteiger charge is -2.49. The smallest absolute Gasteiger partial charge is 0.369 e. The molecule has 0 N–H and O–H groups in total. The standard InChI is InChI=1S/C39H44F3N3O3/c1-29-36(47-27-31-15-7-3-8-16-31)37(48-28-32-17-9-4-10-18-32)35(46-26-30-13-5-2-6-14-30)25-45(29)24-33-19-12-22-44(23-33)38-34(39(40,41)42)20-11-21-43-38/h2-11,13-18,20-21,29,33,35-37H,12,19,22-28H2,1H3/t29-,33+,35+,36-,37-/m1/s1. The first-order valence-electron chi connectivity index (χ1n) is 16.8. The van der Waals surface area contributed by atoms with Gasteiger partial charge in [-0.1, -0.05) is 91.0 Å². The molecule has 0 unspecified atom stereocenters. The Hall–Kier alpha value is -3.76. The van der Waals surface area contributed by atoms with Gasteiger partial charge >= 0.3 is 6.18 Å². The molecule has 5 atom stereocenters. The molecule has 3 heterocycles. The molecule has 4 aromatic rings. The van der Waals surface area contributed by atoms with Crippen LogP contribution in [-0.4, -0.2) is 60.4 Å². The number of aromatic nitrogens is 1. The molecule has 3 aromatic carbocycles. The third-order valence-corrected chi connectivity index (χ3v) is 9.44. The van der Waals surface area contributed by atoms with Crippen LogP contribution >= 0.6 is 0 Å². The van der Waals surface area contributed by atoms with Gasteiger partial charge in [-0.2, -0.15) is 13.2 Å². The topological polar surface area (TPSA) is 47.1 Å². The fraction of sp³-hybridized carbons (Fsp3) is 0.410. The Morgan fingerprint density at radius 1 is 0.708 bits per heavy atom. The second-order valence-electron chi connectivity index (χ2n) is 12.9. The number of ether oxygens (including phenoxy) is 3. The van der Waals surface area contributed by atoms with Gasteiger partial charge in [0.1, 0.15) is 18.0 Å². The molecule has 2 fully saturated rings. The third-order valence-electron chi connectivity index (χ3n) is 9.44. The van der Waals surface area contributed by atoms with E-state index in [4.69, 9.17) is 14.2 Å². The van der Waals surface area contributed by atoms with Gasteiger partial charge < -0.3 is 19.1 Å². The van der Waals surface area contributed by atoms with Crippen LogP contribution in [0.15, 0.2) is 109 Å². The van der Waals surface area contributed by atoms with Crippen LogP contribution in [0.2, 0.25) is 0 Å². The van der Waals surface area contributed by atoms with Crippen LogP contribution < -0.4 is 4.90 Å². The first-order valence-corrected chi connectivity index (χ1v) is 16.8. The van der Waals surface area contributed by atoms with E-state index >= 15 is 0 Å². The van der Waals surface area contributed by atoms with Gasteiger partial charge in [-0.25, -0.2) is 4.98 Å². The fourth-order valence-corrected chi connectivity index (χ4v) is 6.94. The maximum atomic E-state index is 13.9. The van der Waals surface area contributed by atoms with Crippen LogP contribution in [0, 0.1) is 5.92 Å². The minimum absolute atomic E-state index is 0.0175. The number of piperidine rings is 2. The van der Waals surface area contributed by atoms with Crippen LogP contribution in [-0.2, 0) is 40.2 Å². The second-order valence-corrected chi connectivity index (χ2v) is 12.9. The summed E-state index contributed by atoms with van der Waals surface area (Å²) < 4.78 is 61.8. The largest absolute Gasteiger partial charge is 0.419 e. The minimum Gasteiger partial charge on any atom is -0.369 e. The quantitative estimate of drug-likeness (QED) is 0.155. The lowest BCUT2D eigenvalue weighted by Crippen LogP contribution is -2.63. The first kappa shape index (κ1) is 34.1. The summed E-state index contributed by atoms with van der Waals surface area (Å²) in [6.07, 6.45) is -2.24. The van der Waals surface area contributed by atoms with Crippen LogP contribution in [0.5, 0.6) is 0 Å². The molecule has 48 heavy (non-hydrogen) atoms. The Kier molecular flexibility index (Phi) is 11.4. The molecule has 6 rings (SSSR count). The Morgan fingerprint density at radius 3 is 1.85 bits per heavy atom. The number of nitrogens with zero attached hydrogens (tertiary/aromatic N) is 3. The lowest BCUT2D eigenvalue weighted by atomic mass is 9.90. The summed E-state index contributed by atoms with van der Waals surface area (Å²) in [6, 6.07) is 32.8. The molecule has 9 heteroatoms. The summed E-state index contributed by atoms with van der Waals surface area (Å²) in [4.78, 5) is 8.39. The van der Waals surface area contributed by atoms with E-state index in [2.05, 4.69) is 53.2 Å². The van der Waals surface area contributed by atoms with Crippen molar-refractivity contribution >= 4 is 5.82 Å². The van der Waals surface area contributed by atoms with E-state index in [9.17, 15) is 13.2 Å². The first-order chi connectivity index (χ1) is 23.3. The van der Waals surface area contributed by atoms with Crippen molar-refractivity contribution in [3.05, 3.63) is 132 Å². The highest BCUT2D eigenvalue weighted by atomic mass is 19.4. The molecule has 0 spiro atoms. The van der Waals surface area contributed by atoms with Crippen molar-refractivity contribution in [2.45, 2.75) is 70.1 Å². The molecule has 0 bridgehead atoms. The highest BCUT2D eigenvalue weighted by Crippen LogP contribution is 2.37. The van der Waals surface area contributed by atoms with E-state index < -0.39 is 11.7 Å². The predicted molar refractivity (Wildman–Crippen MR) is 180 cm³/mol. The van der Waals surface area contributed by atoms with Crippen LogP contribution in [0.4, 0.5) is 19.0 Å². The van der Waals surface area contributed by atoms with Gasteiger partial charge in [0.25, 0.3) is 0 Å². The van der Waals surface area contributed by atoms with E-state index in [0.717, 1.165) is 35.6 Å². The van der Waals surface area contributed by atoms with Gasteiger partial charge in [0.05, 0.1) is 31.5 Å². The number of hydrogen-bond acceptors (Lipinski definition) is 6. The van der Waals surface area contributed by atoms with E-state index in [1.165, 1.54) is 12.3 Å². The predicted octanol–water partition coefficient (Wildman–Crippen LogP) is 7.78. The maximum Gasteiger partial charge on any atom is 0.419 e. The van der Waals surface area contributed by atoms with Crippen LogP contribution in [0.1, 0.15) is 42.0 Å². The summed E-state index contributed by atoms with van der Waals surface area (Å²) >= 11 is 0. The molecule has 0 aliphatic carbocycles. The molecule has 2 aliphatic heterocycles. The summed E-state index contributed by atoms with van der Waals surface area (Å²) in [5.74, 6) is 0.166. The van der Waals surface area contributed by atoms with Crippen molar-refractivity contribution in [3.63, 3.8) is 0 Å². The molecule has 0 radical (unpaired) electrons. The van der Waals surface area contributed by atoms with Crippen molar-refractivity contribution in [2.75, 3.05) is 31.1 Å². The van der Waals surface area contributed by atoms with Crippen molar-refractivity contribution in [1.82, 2.24) is 9.88 Å². The van der Waals surface area contributed by atoms with Gasteiger partial charge in [-0.05, 0) is 54.5 Å². The molecule has 0 amide bonds. The van der Waals surface area contributed by atoms with Gasteiger partial charge in [-0.15, -0.1) is 0 Å². The van der Waals surface area contributed by atoms with E-state index in [1.54, 1.807) is 0 Å². The molecule has 0 saturated carbocycles. The Balaban J connectivity index is 1.23. The maximum absolute atomic E-state index is 13.9. The van der Waals surface area contributed by atoms with Gasteiger partial charge in [-0.3, -0.25) is 4.90 Å². The average molecular weight is 660 g/mol. The van der Waals surface area contributed by atoms with Crippen molar-refractivity contribution in [2.24, 2.45) is 5.92 Å². The molecular formula is C39H44F3N3O3. The number of likely N-dealkylation sites (tertiary alicyclic amines) is 1. The van der Waals surface area contributed by atoms with Gasteiger partial charge in [0, 0.05) is 38.4 Å². The molecule has 1 aromatic heterocycles. The highest BCUT2D eigenvalue weighted by Gasteiger charge is 2.45. The van der Waals surface area contributed by atoms with Gasteiger partial charge in [0.15, 0.2) is 0 Å². The number of pyridine rings is 1. The third kappa shape index (κ3) is 8.82. The Morgan fingerprint density at radius 2 is 1.27 bits per heavy atom. The normalized spacial score (nSPS) is 23.7. The number of anilines is 1. The molecular weight excluding hydrogens is 615 g/mol. The SMILES string of the molecule is C[C@@H]1[C@@H](OCc2ccccc2)[C@H](OCc2ccccc2)[C@@H](OCc2ccccc2)CN1C[C@H]1CCCN(c2ncccc2C(F)(F)F)C1. The number of benzene rings is 3. The average Bonchev–Trinajstić information content (AvgIpc) is 3.11. The van der Waals surface area contributed by atoms with Crippen LogP contribution in [0.25, 0.3) is 0 Å². The van der Waals surface area contributed by atoms with Crippen molar-refractivity contribution < 1.29 is 27.4 Å². The number of rotatable bonds is 12. The number of alkyl halides is 3. The molecule has 6 nitrogen and oxygen atoms in total. The zero-order valence-corrected chi connectivity index (χ0v) is 27.3. The van der Waals surface area contributed by atoms with E-state index in [1.807, 2.05) is 59.5 Å². The fourth-order valence-electron chi connectivity index (χ4n) is 6.94.